The van der Waals surface area contributed by atoms with Gasteiger partial charge in [0.2, 0.25) is 0 Å². The van der Waals surface area contributed by atoms with Crippen LogP contribution in [-0.4, -0.2) is 58.7 Å². The molecule has 0 saturated carbocycles. The van der Waals surface area contributed by atoms with E-state index in [9.17, 15) is 0 Å². The Morgan fingerprint density at radius 2 is 1.90 bits per heavy atom. The van der Waals surface area contributed by atoms with Gasteiger partial charge in [-0.25, -0.2) is 4.68 Å². The molecule has 0 N–H and O–H groups in total. The van der Waals surface area contributed by atoms with Crippen LogP contribution in [0.25, 0.3) is 22.2 Å². The first-order valence-corrected chi connectivity index (χ1v) is 11.2. The second-order valence-corrected chi connectivity index (χ2v) is 8.43. The summed E-state index contributed by atoms with van der Waals surface area (Å²) in [6.45, 7) is 7.07. The van der Waals surface area contributed by atoms with E-state index in [2.05, 4.69) is 24.2 Å². The molecule has 2 unspecified atom stereocenters. The average Bonchev–Trinajstić information content (AvgIpc) is 3.41. The standard InChI is InChI=1S/C23H30N4O4/c1-16-14-28-9-10-29-15-17(2)31-19-6-7-21-20(11-19)23(18-12-24-26(16)13-18)25-27(21)22-5-3-4-8-30-22/h6-7,11-13,16-17,22H,3-5,8-10,14-15H2,1-2H3/t16?,17-,22?/m1/s1. The third-order valence-electron chi connectivity index (χ3n) is 5.85. The molecule has 4 heterocycles. The van der Waals surface area contributed by atoms with E-state index in [1.165, 1.54) is 0 Å². The van der Waals surface area contributed by atoms with Gasteiger partial charge in [-0.2, -0.15) is 10.2 Å². The van der Waals surface area contributed by atoms with Gasteiger partial charge in [0.25, 0.3) is 0 Å². The Kier molecular flexibility index (Phi) is 5.93. The van der Waals surface area contributed by atoms with Gasteiger partial charge in [-0.05, 0) is 51.3 Å². The van der Waals surface area contributed by atoms with Gasteiger partial charge in [0.05, 0.1) is 44.2 Å². The molecule has 0 aliphatic carbocycles. The maximum Gasteiger partial charge on any atom is 0.150 e. The van der Waals surface area contributed by atoms with Crippen LogP contribution >= 0.6 is 0 Å². The number of fused-ring (bicyclic) bond motifs is 4. The maximum atomic E-state index is 6.13. The summed E-state index contributed by atoms with van der Waals surface area (Å²) in [5, 5.41) is 10.6. The fraction of sp³-hybridized carbons (Fsp3) is 0.565. The van der Waals surface area contributed by atoms with Crippen molar-refractivity contribution in [3.63, 3.8) is 0 Å². The molecule has 31 heavy (non-hydrogen) atoms. The van der Waals surface area contributed by atoms with Gasteiger partial charge in [-0.3, -0.25) is 4.68 Å². The van der Waals surface area contributed by atoms with Crippen molar-refractivity contribution in [2.45, 2.75) is 51.5 Å². The lowest BCUT2D eigenvalue weighted by Crippen LogP contribution is -2.21. The van der Waals surface area contributed by atoms with E-state index in [-0.39, 0.29) is 18.4 Å². The fourth-order valence-electron chi connectivity index (χ4n) is 4.21. The molecular formula is C23H30N4O4. The van der Waals surface area contributed by atoms with E-state index in [0.29, 0.717) is 26.4 Å². The molecule has 0 amide bonds. The molecule has 2 aromatic heterocycles. The first kappa shape index (κ1) is 20.5. The van der Waals surface area contributed by atoms with Crippen LogP contribution in [0, 0.1) is 0 Å². The largest absolute Gasteiger partial charge is 0.488 e. The number of nitrogens with zero attached hydrogens (tertiary/aromatic N) is 4. The summed E-state index contributed by atoms with van der Waals surface area (Å²) in [5.74, 6) is 0.804. The summed E-state index contributed by atoms with van der Waals surface area (Å²) < 4.78 is 27.6. The smallest absolute Gasteiger partial charge is 0.150 e. The Morgan fingerprint density at radius 1 is 1.03 bits per heavy atom. The van der Waals surface area contributed by atoms with Crippen molar-refractivity contribution in [2.24, 2.45) is 0 Å². The molecule has 0 spiro atoms. The first-order valence-electron chi connectivity index (χ1n) is 11.2. The van der Waals surface area contributed by atoms with E-state index < -0.39 is 0 Å². The van der Waals surface area contributed by atoms with Gasteiger partial charge in [0.15, 0.2) is 6.23 Å². The Morgan fingerprint density at radius 3 is 2.74 bits per heavy atom. The number of benzene rings is 1. The number of hydrogen-bond acceptors (Lipinski definition) is 6. The van der Waals surface area contributed by atoms with E-state index in [0.717, 1.165) is 53.8 Å². The maximum absolute atomic E-state index is 6.13. The molecule has 2 aliphatic rings. The fourth-order valence-corrected chi connectivity index (χ4v) is 4.21. The van der Waals surface area contributed by atoms with Crippen molar-refractivity contribution < 1.29 is 18.9 Å². The molecule has 8 heteroatoms. The van der Waals surface area contributed by atoms with Crippen LogP contribution in [0.5, 0.6) is 5.75 Å². The normalized spacial score (nSPS) is 25.5. The lowest BCUT2D eigenvalue weighted by molar-refractivity contribution is -0.0365. The SMILES string of the molecule is CC1COCCOC[C@@H](C)Oc2ccc3c(c2)c(nn3C2CCCCO2)-c2cnn1c2. The Labute approximate surface area is 182 Å². The van der Waals surface area contributed by atoms with Gasteiger partial charge in [0, 0.05) is 23.8 Å². The second-order valence-electron chi connectivity index (χ2n) is 8.43. The summed E-state index contributed by atoms with van der Waals surface area (Å²) in [7, 11) is 0. The summed E-state index contributed by atoms with van der Waals surface area (Å²) in [4.78, 5) is 0. The Bertz CT molecular complexity index is 1020. The van der Waals surface area contributed by atoms with Crippen LogP contribution in [-0.2, 0) is 14.2 Å². The predicted octanol–water partition coefficient (Wildman–Crippen LogP) is 3.97. The van der Waals surface area contributed by atoms with Crippen molar-refractivity contribution >= 4 is 10.9 Å². The number of aromatic nitrogens is 4. The molecule has 2 aliphatic heterocycles. The van der Waals surface area contributed by atoms with Crippen LogP contribution in [0.3, 0.4) is 0 Å². The van der Waals surface area contributed by atoms with Crippen molar-refractivity contribution in [3.05, 3.63) is 30.6 Å². The van der Waals surface area contributed by atoms with E-state index in [4.69, 9.17) is 24.0 Å². The molecule has 5 rings (SSSR count). The van der Waals surface area contributed by atoms with Crippen molar-refractivity contribution in [1.29, 1.82) is 0 Å². The number of hydrogen-bond donors (Lipinski definition) is 0. The number of ether oxygens (including phenoxy) is 4. The Balaban J connectivity index is 1.59. The predicted molar refractivity (Wildman–Crippen MR) is 116 cm³/mol. The summed E-state index contributed by atoms with van der Waals surface area (Å²) >= 11 is 0. The third-order valence-corrected chi connectivity index (χ3v) is 5.85. The molecule has 166 valence electrons. The minimum atomic E-state index is -0.0628. The molecule has 1 aromatic carbocycles. The van der Waals surface area contributed by atoms with Gasteiger partial charge >= 0.3 is 0 Å². The van der Waals surface area contributed by atoms with Crippen LogP contribution in [0.4, 0.5) is 0 Å². The zero-order valence-electron chi connectivity index (χ0n) is 18.2. The molecule has 4 bridgehead atoms. The van der Waals surface area contributed by atoms with Crippen molar-refractivity contribution in [3.8, 4) is 17.0 Å². The first-order chi connectivity index (χ1) is 15.2. The van der Waals surface area contributed by atoms with Crippen LogP contribution in [0.2, 0.25) is 0 Å². The molecule has 1 fully saturated rings. The molecule has 8 nitrogen and oxygen atoms in total. The molecular weight excluding hydrogens is 396 g/mol. The highest BCUT2D eigenvalue weighted by Crippen LogP contribution is 2.35. The van der Waals surface area contributed by atoms with E-state index >= 15 is 0 Å². The third kappa shape index (κ3) is 4.33. The van der Waals surface area contributed by atoms with Crippen LogP contribution in [0.1, 0.15) is 45.4 Å². The van der Waals surface area contributed by atoms with E-state index in [1.807, 2.05) is 34.7 Å². The quantitative estimate of drug-likeness (QED) is 0.586. The van der Waals surface area contributed by atoms with Crippen molar-refractivity contribution in [2.75, 3.05) is 33.0 Å². The number of rotatable bonds is 1. The van der Waals surface area contributed by atoms with Gasteiger partial charge < -0.3 is 18.9 Å². The molecule has 3 atom stereocenters. The summed E-state index contributed by atoms with van der Waals surface area (Å²) in [5.41, 5.74) is 2.92. The lowest BCUT2D eigenvalue weighted by Gasteiger charge is -2.23. The summed E-state index contributed by atoms with van der Waals surface area (Å²) in [6, 6.07) is 6.27. The molecule has 3 aromatic rings. The summed E-state index contributed by atoms with van der Waals surface area (Å²) in [6.07, 6.45) is 7.04. The molecule has 0 radical (unpaired) electrons. The van der Waals surface area contributed by atoms with Gasteiger partial charge in [-0.15, -0.1) is 0 Å². The van der Waals surface area contributed by atoms with Crippen LogP contribution in [0.15, 0.2) is 30.6 Å². The zero-order chi connectivity index (χ0) is 21.2. The highest BCUT2D eigenvalue weighted by Gasteiger charge is 2.23. The van der Waals surface area contributed by atoms with Gasteiger partial charge in [-0.1, -0.05) is 0 Å². The second kappa shape index (κ2) is 8.98. The van der Waals surface area contributed by atoms with Crippen molar-refractivity contribution in [1.82, 2.24) is 19.6 Å². The Hall–Kier alpha value is -2.42. The zero-order valence-corrected chi connectivity index (χ0v) is 18.2. The average molecular weight is 427 g/mol. The topological polar surface area (TPSA) is 72.6 Å². The van der Waals surface area contributed by atoms with Crippen LogP contribution < -0.4 is 4.74 Å². The molecule has 1 saturated heterocycles. The minimum Gasteiger partial charge on any atom is -0.488 e. The van der Waals surface area contributed by atoms with Gasteiger partial charge in [0.1, 0.15) is 17.5 Å². The highest BCUT2D eigenvalue weighted by atomic mass is 16.5. The monoisotopic (exact) mass is 426 g/mol. The lowest BCUT2D eigenvalue weighted by atomic mass is 10.1. The highest BCUT2D eigenvalue weighted by molar-refractivity contribution is 5.94. The van der Waals surface area contributed by atoms with E-state index in [1.54, 1.807) is 0 Å². The minimum absolute atomic E-state index is 0.0411.